The molecule has 9 nitrogen and oxygen atoms in total. The Hall–Kier alpha value is -0.820. The maximum absolute atomic E-state index is 10.7. The SMILES string of the molecule is O=[N+]([O-])c1nccn1C1OC(I)[C@@H](O)[C@@H](O)[C@@H]1O. The van der Waals surface area contributed by atoms with E-state index in [2.05, 4.69) is 4.98 Å². The zero-order valence-electron chi connectivity index (χ0n) is 8.83. The molecule has 3 N–H and O–H groups in total. The average molecular weight is 371 g/mol. The standard InChI is InChI=1S/C8H10IN3O6/c9-6-4(14)3(13)5(15)7(18-6)11-2-1-10-8(11)12(16)17/h1-7,13-15H/t3-,4+,5+,6?,7?/m1/s1. The van der Waals surface area contributed by atoms with E-state index in [-0.39, 0.29) is 0 Å². The Morgan fingerprint density at radius 2 is 2.06 bits per heavy atom. The van der Waals surface area contributed by atoms with Crippen molar-refractivity contribution in [1.82, 2.24) is 9.55 Å². The number of imidazole rings is 1. The van der Waals surface area contributed by atoms with Gasteiger partial charge in [0.15, 0.2) is 0 Å². The van der Waals surface area contributed by atoms with Crippen molar-refractivity contribution in [1.29, 1.82) is 0 Å². The largest absolute Gasteiger partial charge is 0.436 e. The number of halogens is 1. The third-order valence-electron chi connectivity index (χ3n) is 2.62. The van der Waals surface area contributed by atoms with Gasteiger partial charge in [0.1, 0.15) is 34.8 Å². The van der Waals surface area contributed by atoms with Gasteiger partial charge in [0.05, 0.1) is 0 Å². The predicted molar refractivity (Wildman–Crippen MR) is 64.8 cm³/mol. The van der Waals surface area contributed by atoms with Crippen LogP contribution in [0.3, 0.4) is 0 Å². The van der Waals surface area contributed by atoms with Crippen LogP contribution in [-0.2, 0) is 4.74 Å². The molecule has 0 aliphatic carbocycles. The highest BCUT2D eigenvalue weighted by atomic mass is 127. The molecule has 1 aliphatic rings. The molecule has 0 spiro atoms. The summed E-state index contributed by atoms with van der Waals surface area (Å²) in [7, 11) is 0. The number of ether oxygens (including phenoxy) is 1. The maximum Gasteiger partial charge on any atom is 0.436 e. The van der Waals surface area contributed by atoms with Gasteiger partial charge in [0.25, 0.3) is 0 Å². The Kier molecular flexibility index (Phi) is 3.82. The monoisotopic (exact) mass is 371 g/mol. The fraction of sp³-hybridized carbons (Fsp3) is 0.625. The van der Waals surface area contributed by atoms with E-state index in [9.17, 15) is 25.4 Å². The van der Waals surface area contributed by atoms with Crippen molar-refractivity contribution in [3.05, 3.63) is 22.5 Å². The smallest absolute Gasteiger partial charge is 0.390 e. The number of nitro groups is 1. The molecular formula is C8H10IN3O6. The summed E-state index contributed by atoms with van der Waals surface area (Å²) >= 11 is 1.73. The van der Waals surface area contributed by atoms with E-state index >= 15 is 0 Å². The molecule has 5 atom stereocenters. The molecule has 18 heavy (non-hydrogen) atoms. The molecule has 2 rings (SSSR count). The summed E-state index contributed by atoms with van der Waals surface area (Å²) in [5.74, 6) is -0.508. The lowest BCUT2D eigenvalue weighted by Crippen LogP contribution is -2.53. The second kappa shape index (κ2) is 5.05. The van der Waals surface area contributed by atoms with Gasteiger partial charge in [0, 0.05) is 0 Å². The van der Waals surface area contributed by atoms with Crippen LogP contribution in [0, 0.1) is 10.1 Å². The number of hydrogen-bond donors (Lipinski definition) is 3. The van der Waals surface area contributed by atoms with E-state index in [1.54, 1.807) is 22.6 Å². The molecule has 1 aromatic heterocycles. The quantitative estimate of drug-likeness (QED) is 0.268. The van der Waals surface area contributed by atoms with E-state index in [4.69, 9.17) is 4.74 Å². The highest BCUT2D eigenvalue weighted by Gasteiger charge is 2.46. The van der Waals surface area contributed by atoms with Crippen LogP contribution in [0.2, 0.25) is 0 Å². The number of aliphatic hydroxyl groups is 3. The molecule has 2 heterocycles. The van der Waals surface area contributed by atoms with Gasteiger partial charge in [-0.25, -0.2) is 0 Å². The molecule has 1 saturated heterocycles. The summed E-state index contributed by atoms with van der Waals surface area (Å²) in [5, 5.41) is 39.7. The van der Waals surface area contributed by atoms with Crippen molar-refractivity contribution < 1.29 is 25.0 Å². The van der Waals surface area contributed by atoms with Crippen molar-refractivity contribution in [2.45, 2.75) is 28.7 Å². The third kappa shape index (κ3) is 2.21. The van der Waals surface area contributed by atoms with Crippen LogP contribution in [-0.4, -0.2) is 52.2 Å². The highest BCUT2D eigenvalue weighted by molar-refractivity contribution is 14.1. The van der Waals surface area contributed by atoms with E-state index in [0.717, 1.165) is 4.57 Å². The minimum absolute atomic E-state index is 0.508. The first-order chi connectivity index (χ1) is 8.43. The lowest BCUT2D eigenvalue weighted by molar-refractivity contribution is -0.400. The van der Waals surface area contributed by atoms with Crippen LogP contribution in [0.15, 0.2) is 12.4 Å². The molecule has 0 saturated carbocycles. The zero-order chi connectivity index (χ0) is 13.4. The first-order valence-corrected chi connectivity index (χ1v) is 6.19. The fourth-order valence-electron chi connectivity index (χ4n) is 1.70. The van der Waals surface area contributed by atoms with Crippen molar-refractivity contribution in [3.8, 4) is 0 Å². The first-order valence-electron chi connectivity index (χ1n) is 4.94. The van der Waals surface area contributed by atoms with Gasteiger partial charge in [-0.3, -0.25) is 0 Å². The molecule has 0 bridgehead atoms. The predicted octanol–water partition coefficient (Wildman–Crippen LogP) is -0.836. The van der Waals surface area contributed by atoms with Crippen LogP contribution in [0.4, 0.5) is 5.95 Å². The Bertz CT molecular complexity index is 454. The van der Waals surface area contributed by atoms with E-state index < -0.39 is 39.5 Å². The van der Waals surface area contributed by atoms with Crippen molar-refractivity contribution in [2.24, 2.45) is 0 Å². The van der Waals surface area contributed by atoms with Crippen LogP contribution in [0.25, 0.3) is 0 Å². The van der Waals surface area contributed by atoms with Crippen LogP contribution < -0.4 is 0 Å². The van der Waals surface area contributed by atoms with Gasteiger partial charge < -0.3 is 30.2 Å². The summed E-state index contributed by atoms with van der Waals surface area (Å²) < 4.78 is 5.47. The van der Waals surface area contributed by atoms with E-state index in [0.29, 0.717) is 0 Å². The molecule has 1 aromatic rings. The Morgan fingerprint density at radius 1 is 1.39 bits per heavy atom. The number of alkyl halides is 1. The second-order valence-corrected chi connectivity index (χ2v) is 4.97. The van der Waals surface area contributed by atoms with Gasteiger partial charge in [-0.05, 0) is 27.5 Å². The van der Waals surface area contributed by atoms with Crippen LogP contribution in [0.5, 0.6) is 0 Å². The molecule has 0 aromatic carbocycles. The van der Waals surface area contributed by atoms with Gasteiger partial charge in [-0.2, -0.15) is 4.57 Å². The van der Waals surface area contributed by atoms with Gasteiger partial charge in [-0.15, -0.1) is 0 Å². The summed E-state index contributed by atoms with van der Waals surface area (Å²) in [6, 6.07) is 0. The molecule has 1 aliphatic heterocycles. The van der Waals surface area contributed by atoms with Gasteiger partial charge >= 0.3 is 5.95 Å². The average Bonchev–Trinajstić information content (AvgIpc) is 2.80. The van der Waals surface area contributed by atoms with Crippen LogP contribution >= 0.6 is 22.6 Å². The maximum atomic E-state index is 10.7. The van der Waals surface area contributed by atoms with E-state index in [1.165, 1.54) is 12.4 Å². The summed E-state index contributed by atoms with van der Waals surface area (Å²) in [4.78, 5) is 13.5. The zero-order valence-corrected chi connectivity index (χ0v) is 11.0. The minimum atomic E-state index is -1.49. The summed E-state index contributed by atoms with van der Waals surface area (Å²) in [6.45, 7) is 0. The molecule has 1 fully saturated rings. The summed E-state index contributed by atoms with van der Waals surface area (Å²) in [6.07, 6.45) is -2.92. The normalized spacial score (nSPS) is 36.6. The first kappa shape index (κ1) is 13.6. The van der Waals surface area contributed by atoms with Crippen molar-refractivity contribution in [2.75, 3.05) is 0 Å². The number of aromatic nitrogens is 2. The van der Waals surface area contributed by atoms with Crippen LogP contribution in [0.1, 0.15) is 6.23 Å². The van der Waals surface area contributed by atoms with Gasteiger partial charge in [0.2, 0.25) is 6.23 Å². The molecule has 0 amide bonds. The Morgan fingerprint density at radius 3 is 2.67 bits per heavy atom. The molecule has 10 heteroatoms. The Labute approximate surface area is 114 Å². The lowest BCUT2D eigenvalue weighted by Gasteiger charge is -2.37. The number of hydrogen-bond acceptors (Lipinski definition) is 7. The Balaban J connectivity index is 2.32. The topological polar surface area (TPSA) is 131 Å². The van der Waals surface area contributed by atoms with Crippen molar-refractivity contribution in [3.63, 3.8) is 0 Å². The molecular weight excluding hydrogens is 361 g/mol. The number of nitrogens with zero attached hydrogens (tertiary/aromatic N) is 3. The minimum Gasteiger partial charge on any atom is -0.390 e. The van der Waals surface area contributed by atoms with E-state index in [1.807, 2.05) is 0 Å². The lowest BCUT2D eigenvalue weighted by atomic mass is 10.0. The van der Waals surface area contributed by atoms with Gasteiger partial charge in [-0.1, -0.05) is 4.98 Å². The van der Waals surface area contributed by atoms with Crippen molar-refractivity contribution >= 4 is 28.5 Å². The summed E-state index contributed by atoms with van der Waals surface area (Å²) in [5.41, 5.74) is 0. The highest BCUT2D eigenvalue weighted by Crippen LogP contribution is 2.32. The number of rotatable bonds is 2. The molecule has 2 unspecified atom stereocenters. The second-order valence-electron chi connectivity index (χ2n) is 3.74. The third-order valence-corrected chi connectivity index (χ3v) is 3.65. The molecule has 0 radical (unpaired) electrons. The number of aliphatic hydroxyl groups excluding tert-OH is 3. The molecule has 100 valence electrons. The fourth-order valence-corrected chi connectivity index (χ4v) is 2.42.